The van der Waals surface area contributed by atoms with Gasteiger partial charge in [-0.2, -0.15) is 0 Å². The average molecular weight is 281 g/mol. The van der Waals surface area contributed by atoms with E-state index >= 15 is 0 Å². The maximum absolute atomic E-state index is 12.9. The summed E-state index contributed by atoms with van der Waals surface area (Å²) in [4.78, 5) is 3.30. The molecule has 1 unspecified atom stereocenters. The van der Waals surface area contributed by atoms with Crippen LogP contribution in [-0.2, 0) is 10.0 Å². The summed E-state index contributed by atoms with van der Waals surface area (Å²) < 4.78 is 39.1. The van der Waals surface area contributed by atoms with E-state index < -0.39 is 21.9 Å². The van der Waals surface area contributed by atoms with Crippen LogP contribution >= 0.6 is 11.6 Å². The van der Waals surface area contributed by atoms with Gasteiger partial charge in [0.05, 0.1) is 6.20 Å². The fourth-order valence-corrected chi connectivity index (χ4v) is 3.03. The highest BCUT2D eigenvalue weighted by Crippen LogP contribution is 2.12. The van der Waals surface area contributed by atoms with Crippen LogP contribution in [0.15, 0.2) is 23.4 Å². The molecule has 1 N–H and O–H groups in total. The maximum atomic E-state index is 12.9. The molecule has 0 saturated heterocycles. The normalized spacial score (nSPS) is 13.9. The van der Waals surface area contributed by atoms with E-state index in [2.05, 4.69) is 9.71 Å². The van der Waals surface area contributed by atoms with E-state index in [1.807, 2.05) is 13.8 Å². The lowest BCUT2D eigenvalue weighted by Gasteiger charge is -2.19. The Morgan fingerprint density at radius 2 is 2.12 bits per heavy atom. The molecule has 96 valence electrons. The summed E-state index contributed by atoms with van der Waals surface area (Å²) in [5.41, 5.74) is 0. The SMILES string of the molecule is CC(C)C(CCl)NS(=O)(=O)c1cncc(F)c1. The Balaban J connectivity index is 2.96. The third kappa shape index (κ3) is 3.90. The van der Waals surface area contributed by atoms with Gasteiger partial charge in [0.15, 0.2) is 0 Å². The van der Waals surface area contributed by atoms with Gasteiger partial charge in [-0.25, -0.2) is 17.5 Å². The minimum Gasteiger partial charge on any atom is -0.260 e. The second-order valence-electron chi connectivity index (χ2n) is 3.96. The predicted octanol–water partition coefficient (Wildman–Crippen LogP) is 1.76. The summed E-state index contributed by atoms with van der Waals surface area (Å²) >= 11 is 5.67. The zero-order valence-electron chi connectivity index (χ0n) is 9.52. The molecule has 0 aliphatic rings. The number of alkyl halides is 1. The van der Waals surface area contributed by atoms with E-state index in [0.29, 0.717) is 0 Å². The van der Waals surface area contributed by atoms with Crippen LogP contribution in [0.1, 0.15) is 13.8 Å². The molecule has 1 aromatic heterocycles. The molecule has 1 rings (SSSR count). The summed E-state index contributed by atoms with van der Waals surface area (Å²) in [6.07, 6.45) is 2.04. The Bertz CT molecular complexity index is 479. The molecule has 0 bridgehead atoms. The predicted molar refractivity (Wildman–Crippen MR) is 63.9 cm³/mol. The molecule has 0 saturated carbocycles. The molecule has 0 spiro atoms. The van der Waals surface area contributed by atoms with Crippen molar-refractivity contribution in [2.45, 2.75) is 24.8 Å². The van der Waals surface area contributed by atoms with E-state index in [9.17, 15) is 12.8 Å². The molecule has 7 heteroatoms. The first-order chi connectivity index (χ1) is 7.86. The second-order valence-corrected chi connectivity index (χ2v) is 5.99. The van der Waals surface area contributed by atoms with Crippen molar-refractivity contribution in [3.63, 3.8) is 0 Å². The molecule has 0 amide bonds. The van der Waals surface area contributed by atoms with Crippen molar-refractivity contribution in [3.8, 4) is 0 Å². The molecule has 0 aromatic carbocycles. The fraction of sp³-hybridized carbons (Fsp3) is 0.500. The lowest BCUT2D eigenvalue weighted by atomic mass is 10.1. The van der Waals surface area contributed by atoms with Gasteiger partial charge in [-0.05, 0) is 12.0 Å². The third-order valence-electron chi connectivity index (χ3n) is 2.27. The number of nitrogens with one attached hydrogen (secondary N) is 1. The van der Waals surface area contributed by atoms with Crippen molar-refractivity contribution >= 4 is 21.6 Å². The van der Waals surface area contributed by atoms with Crippen molar-refractivity contribution in [2.75, 3.05) is 5.88 Å². The highest BCUT2D eigenvalue weighted by atomic mass is 35.5. The number of hydrogen-bond donors (Lipinski definition) is 1. The number of aromatic nitrogens is 1. The van der Waals surface area contributed by atoms with Crippen LogP contribution in [0.4, 0.5) is 4.39 Å². The summed E-state index contributed by atoms with van der Waals surface area (Å²) in [6.45, 7) is 3.69. The van der Waals surface area contributed by atoms with Crippen LogP contribution in [0.3, 0.4) is 0 Å². The lowest BCUT2D eigenvalue weighted by Crippen LogP contribution is -2.39. The Morgan fingerprint density at radius 3 is 2.59 bits per heavy atom. The van der Waals surface area contributed by atoms with Gasteiger partial charge in [0.2, 0.25) is 10.0 Å². The standard InChI is InChI=1S/C10H14ClFN2O2S/c1-7(2)10(4-11)14-17(15,16)9-3-8(12)5-13-6-9/h3,5-7,10,14H,4H2,1-2H3. The molecule has 1 aromatic rings. The molecule has 0 fully saturated rings. The highest BCUT2D eigenvalue weighted by Gasteiger charge is 2.22. The van der Waals surface area contributed by atoms with Crippen LogP contribution in [-0.4, -0.2) is 25.3 Å². The molecule has 4 nitrogen and oxygen atoms in total. The topological polar surface area (TPSA) is 59.1 Å². The van der Waals surface area contributed by atoms with Crippen molar-refractivity contribution in [1.29, 1.82) is 0 Å². The van der Waals surface area contributed by atoms with Crippen molar-refractivity contribution < 1.29 is 12.8 Å². The third-order valence-corrected chi connectivity index (χ3v) is 4.06. The molecule has 0 aliphatic carbocycles. The summed E-state index contributed by atoms with van der Waals surface area (Å²) in [5, 5.41) is 0. The van der Waals surface area contributed by atoms with Gasteiger partial charge in [0.1, 0.15) is 10.7 Å². The Morgan fingerprint density at radius 1 is 1.47 bits per heavy atom. The van der Waals surface area contributed by atoms with Gasteiger partial charge >= 0.3 is 0 Å². The summed E-state index contributed by atoms with van der Waals surface area (Å²) in [5.74, 6) is -0.497. The highest BCUT2D eigenvalue weighted by molar-refractivity contribution is 7.89. The fourth-order valence-electron chi connectivity index (χ4n) is 1.15. The first kappa shape index (κ1) is 14.3. The van der Waals surface area contributed by atoms with E-state index in [0.717, 1.165) is 18.5 Å². The van der Waals surface area contributed by atoms with Gasteiger partial charge in [0, 0.05) is 18.1 Å². The number of hydrogen-bond acceptors (Lipinski definition) is 3. The number of sulfonamides is 1. The minimum atomic E-state index is -3.78. The van der Waals surface area contributed by atoms with Crippen LogP contribution in [0.5, 0.6) is 0 Å². The van der Waals surface area contributed by atoms with Crippen molar-refractivity contribution in [1.82, 2.24) is 9.71 Å². The van der Waals surface area contributed by atoms with Gasteiger partial charge in [-0.3, -0.25) is 4.98 Å². The monoisotopic (exact) mass is 280 g/mol. The molecule has 1 heterocycles. The van der Waals surface area contributed by atoms with E-state index in [1.165, 1.54) is 0 Å². The second kappa shape index (κ2) is 5.75. The van der Waals surface area contributed by atoms with Crippen LogP contribution in [0, 0.1) is 11.7 Å². The molecular weight excluding hydrogens is 267 g/mol. The van der Waals surface area contributed by atoms with Crippen LogP contribution in [0.2, 0.25) is 0 Å². The number of halogens is 2. The Hall–Kier alpha value is -0.720. The van der Waals surface area contributed by atoms with Crippen molar-refractivity contribution in [3.05, 3.63) is 24.3 Å². The molecular formula is C10H14ClFN2O2S. The molecule has 17 heavy (non-hydrogen) atoms. The zero-order chi connectivity index (χ0) is 13.1. The minimum absolute atomic E-state index is 0.0452. The first-order valence-electron chi connectivity index (χ1n) is 5.05. The number of pyridine rings is 1. The summed E-state index contributed by atoms with van der Waals surface area (Å²) in [7, 11) is -3.78. The van der Waals surface area contributed by atoms with Crippen LogP contribution < -0.4 is 4.72 Å². The molecule has 0 radical (unpaired) electrons. The maximum Gasteiger partial charge on any atom is 0.242 e. The van der Waals surface area contributed by atoms with Crippen LogP contribution in [0.25, 0.3) is 0 Å². The average Bonchev–Trinajstić information content (AvgIpc) is 2.25. The molecule has 0 aliphatic heterocycles. The van der Waals surface area contributed by atoms with Gasteiger partial charge in [0.25, 0.3) is 0 Å². The lowest BCUT2D eigenvalue weighted by molar-refractivity contribution is 0.479. The van der Waals surface area contributed by atoms with E-state index in [1.54, 1.807) is 0 Å². The van der Waals surface area contributed by atoms with Gasteiger partial charge < -0.3 is 0 Å². The largest absolute Gasteiger partial charge is 0.260 e. The van der Waals surface area contributed by atoms with Crippen molar-refractivity contribution in [2.24, 2.45) is 5.92 Å². The Kier molecular flexibility index (Phi) is 4.85. The summed E-state index contributed by atoms with van der Waals surface area (Å²) in [6, 6.07) is 0.519. The zero-order valence-corrected chi connectivity index (χ0v) is 11.1. The number of rotatable bonds is 5. The number of nitrogens with zero attached hydrogens (tertiary/aromatic N) is 1. The quantitative estimate of drug-likeness (QED) is 0.836. The van der Waals surface area contributed by atoms with Gasteiger partial charge in [-0.1, -0.05) is 13.8 Å². The first-order valence-corrected chi connectivity index (χ1v) is 7.07. The van der Waals surface area contributed by atoms with E-state index in [-0.39, 0.29) is 16.7 Å². The Labute approximate surface area is 105 Å². The molecule has 1 atom stereocenters. The smallest absolute Gasteiger partial charge is 0.242 e. The van der Waals surface area contributed by atoms with E-state index in [4.69, 9.17) is 11.6 Å². The van der Waals surface area contributed by atoms with Gasteiger partial charge in [-0.15, -0.1) is 11.6 Å².